The van der Waals surface area contributed by atoms with Gasteiger partial charge in [0.15, 0.2) is 0 Å². The summed E-state index contributed by atoms with van der Waals surface area (Å²) in [6, 6.07) is 10.6. The molecule has 1 saturated carbocycles. The van der Waals surface area contributed by atoms with Crippen LogP contribution in [-0.4, -0.2) is 18.2 Å². The molecule has 2 N–H and O–H groups in total. The maximum atomic E-state index is 10.6. The molecule has 130 valence electrons. The van der Waals surface area contributed by atoms with E-state index in [1.165, 1.54) is 11.1 Å². The lowest BCUT2D eigenvalue weighted by Gasteiger charge is -2.53. The standard InChI is InChI=1S/C19H26N2O3/c1-17(14-24-21(22)23)8-15-9-18(2,16-6-4-3-5-7-16)12-19(10-15,11-17)13-20/h3-8H,9-14,20H2,1-2H3. The molecule has 1 fully saturated rings. The van der Waals surface area contributed by atoms with Gasteiger partial charge in [-0.05, 0) is 48.6 Å². The quantitative estimate of drug-likeness (QED) is 0.508. The van der Waals surface area contributed by atoms with Crippen LogP contribution in [0.1, 0.15) is 45.1 Å². The third kappa shape index (κ3) is 3.18. The van der Waals surface area contributed by atoms with Crippen LogP contribution in [0.25, 0.3) is 0 Å². The first-order valence-electron chi connectivity index (χ1n) is 8.52. The van der Waals surface area contributed by atoms with Crippen molar-refractivity contribution in [2.45, 2.75) is 44.9 Å². The highest BCUT2D eigenvalue weighted by molar-refractivity contribution is 5.33. The number of hydrogen-bond donors (Lipinski definition) is 1. The molecule has 0 saturated heterocycles. The molecule has 0 spiro atoms. The maximum Gasteiger partial charge on any atom is 0.294 e. The molecule has 2 bridgehead atoms. The number of nitrogens with zero attached hydrogens (tertiary/aromatic N) is 1. The van der Waals surface area contributed by atoms with Gasteiger partial charge < -0.3 is 10.6 Å². The molecule has 5 nitrogen and oxygen atoms in total. The molecule has 0 aromatic heterocycles. The summed E-state index contributed by atoms with van der Waals surface area (Å²) < 4.78 is 0. The van der Waals surface area contributed by atoms with Crippen LogP contribution in [0.2, 0.25) is 0 Å². The summed E-state index contributed by atoms with van der Waals surface area (Å²) in [4.78, 5) is 15.3. The number of allylic oxidation sites excluding steroid dienone is 1. The fourth-order valence-corrected chi connectivity index (χ4v) is 5.18. The fraction of sp³-hybridized carbons (Fsp3) is 0.579. The molecular weight excluding hydrogens is 304 g/mol. The van der Waals surface area contributed by atoms with Crippen LogP contribution in [-0.2, 0) is 10.3 Å². The minimum Gasteiger partial charge on any atom is -0.330 e. The van der Waals surface area contributed by atoms with E-state index in [2.05, 4.69) is 37.3 Å². The van der Waals surface area contributed by atoms with Gasteiger partial charge in [-0.15, -0.1) is 10.1 Å². The van der Waals surface area contributed by atoms with Gasteiger partial charge in [0.25, 0.3) is 5.09 Å². The Labute approximate surface area is 143 Å². The highest BCUT2D eigenvalue weighted by Crippen LogP contribution is 2.57. The van der Waals surface area contributed by atoms with Gasteiger partial charge in [-0.1, -0.05) is 55.8 Å². The first-order valence-corrected chi connectivity index (χ1v) is 8.52. The molecule has 3 rings (SSSR count). The Hall–Kier alpha value is -1.88. The summed E-state index contributed by atoms with van der Waals surface area (Å²) in [6.45, 7) is 5.06. The van der Waals surface area contributed by atoms with E-state index < -0.39 is 5.09 Å². The molecule has 5 heteroatoms. The van der Waals surface area contributed by atoms with Crippen LogP contribution in [0.4, 0.5) is 0 Å². The lowest BCUT2D eigenvalue weighted by molar-refractivity contribution is -0.760. The Morgan fingerprint density at radius 3 is 2.54 bits per heavy atom. The van der Waals surface area contributed by atoms with Crippen LogP contribution >= 0.6 is 0 Å². The molecular formula is C19H26N2O3. The Balaban J connectivity index is 1.93. The number of benzene rings is 1. The Morgan fingerprint density at radius 2 is 1.92 bits per heavy atom. The third-order valence-electron chi connectivity index (χ3n) is 5.72. The monoisotopic (exact) mass is 330 g/mol. The number of nitrogens with two attached hydrogens (primary N) is 1. The van der Waals surface area contributed by atoms with Crippen molar-refractivity contribution < 1.29 is 9.92 Å². The normalized spacial score (nSPS) is 35.2. The van der Waals surface area contributed by atoms with Crippen molar-refractivity contribution in [3.63, 3.8) is 0 Å². The first-order chi connectivity index (χ1) is 11.3. The van der Waals surface area contributed by atoms with Crippen molar-refractivity contribution in [2.75, 3.05) is 13.2 Å². The summed E-state index contributed by atoms with van der Waals surface area (Å²) >= 11 is 0. The summed E-state index contributed by atoms with van der Waals surface area (Å²) in [5.74, 6) is 0. The zero-order chi connectivity index (χ0) is 17.4. The minimum atomic E-state index is -0.697. The van der Waals surface area contributed by atoms with E-state index in [1.54, 1.807) is 0 Å². The average Bonchev–Trinajstić information content (AvgIpc) is 2.53. The summed E-state index contributed by atoms with van der Waals surface area (Å²) in [7, 11) is 0. The van der Waals surface area contributed by atoms with Gasteiger partial charge in [0, 0.05) is 5.41 Å². The van der Waals surface area contributed by atoms with Crippen LogP contribution in [0.5, 0.6) is 0 Å². The van der Waals surface area contributed by atoms with Crippen LogP contribution in [0, 0.1) is 20.9 Å². The van der Waals surface area contributed by atoms with E-state index >= 15 is 0 Å². The third-order valence-corrected chi connectivity index (χ3v) is 5.72. The molecule has 1 aromatic rings. The molecule has 0 aliphatic heterocycles. The molecule has 0 radical (unpaired) electrons. The van der Waals surface area contributed by atoms with Crippen molar-refractivity contribution in [3.8, 4) is 0 Å². The highest BCUT2D eigenvalue weighted by atomic mass is 16.9. The molecule has 3 unspecified atom stereocenters. The lowest BCUT2D eigenvalue weighted by atomic mass is 9.52. The van der Waals surface area contributed by atoms with Crippen LogP contribution < -0.4 is 5.73 Å². The zero-order valence-corrected chi connectivity index (χ0v) is 14.5. The summed E-state index contributed by atoms with van der Waals surface area (Å²) in [6.07, 6.45) is 6.03. The molecule has 3 atom stereocenters. The summed E-state index contributed by atoms with van der Waals surface area (Å²) in [5.41, 5.74) is 8.66. The molecule has 0 amide bonds. The molecule has 2 aliphatic rings. The van der Waals surface area contributed by atoms with E-state index in [-0.39, 0.29) is 22.9 Å². The Kier molecular flexibility index (Phi) is 4.16. The highest BCUT2D eigenvalue weighted by Gasteiger charge is 2.50. The van der Waals surface area contributed by atoms with Crippen LogP contribution in [0.15, 0.2) is 42.0 Å². The fourth-order valence-electron chi connectivity index (χ4n) is 5.18. The second kappa shape index (κ2) is 5.88. The van der Waals surface area contributed by atoms with Crippen LogP contribution in [0.3, 0.4) is 0 Å². The van der Waals surface area contributed by atoms with E-state index in [0.29, 0.717) is 6.54 Å². The minimum absolute atomic E-state index is 0.0123. The second-order valence-electron chi connectivity index (χ2n) is 8.29. The predicted molar refractivity (Wildman–Crippen MR) is 92.9 cm³/mol. The first kappa shape index (κ1) is 17.0. The van der Waals surface area contributed by atoms with Crippen molar-refractivity contribution in [2.24, 2.45) is 16.6 Å². The number of fused-ring (bicyclic) bond motifs is 2. The zero-order valence-electron chi connectivity index (χ0n) is 14.5. The Morgan fingerprint density at radius 1 is 1.21 bits per heavy atom. The topological polar surface area (TPSA) is 78.4 Å². The summed E-state index contributed by atoms with van der Waals surface area (Å²) in [5, 5.41) is 9.91. The van der Waals surface area contributed by atoms with Gasteiger partial charge in [0.1, 0.15) is 6.61 Å². The molecule has 2 aliphatic carbocycles. The van der Waals surface area contributed by atoms with Gasteiger partial charge in [-0.2, -0.15) is 0 Å². The van der Waals surface area contributed by atoms with E-state index in [1.807, 2.05) is 13.0 Å². The molecule has 0 heterocycles. The van der Waals surface area contributed by atoms with Crippen molar-refractivity contribution >= 4 is 0 Å². The SMILES string of the molecule is CC1(CO[N+](=O)[O-])C=C2CC(CN)(C1)CC(C)(c1ccccc1)C2. The number of rotatable bonds is 5. The van der Waals surface area contributed by atoms with E-state index in [0.717, 1.165) is 25.7 Å². The second-order valence-corrected chi connectivity index (χ2v) is 8.29. The van der Waals surface area contributed by atoms with Crippen molar-refractivity contribution in [1.82, 2.24) is 0 Å². The number of hydrogen-bond acceptors (Lipinski definition) is 4. The van der Waals surface area contributed by atoms with Gasteiger partial charge in [0.05, 0.1) is 0 Å². The largest absolute Gasteiger partial charge is 0.330 e. The van der Waals surface area contributed by atoms with E-state index in [9.17, 15) is 10.1 Å². The van der Waals surface area contributed by atoms with Crippen molar-refractivity contribution in [3.05, 3.63) is 57.7 Å². The average molecular weight is 330 g/mol. The van der Waals surface area contributed by atoms with E-state index in [4.69, 9.17) is 10.6 Å². The van der Waals surface area contributed by atoms with Gasteiger partial charge in [-0.25, -0.2) is 0 Å². The Bertz CT molecular complexity index is 660. The van der Waals surface area contributed by atoms with Crippen molar-refractivity contribution in [1.29, 1.82) is 0 Å². The lowest BCUT2D eigenvalue weighted by Crippen LogP contribution is -2.49. The van der Waals surface area contributed by atoms with Gasteiger partial charge in [0.2, 0.25) is 0 Å². The molecule has 1 aromatic carbocycles. The molecule has 24 heavy (non-hydrogen) atoms. The van der Waals surface area contributed by atoms with Gasteiger partial charge in [-0.3, -0.25) is 0 Å². The maximum absolute atomic E-state index is 10.6. The predicted octanol–water partition coefficient (Wildman–Crippen LogP) is 3.62. The van der Waals surface area contributed by atoms with Gasteiger partial charge >= 0.3 is 0 Å². The smallest absolute Gasteiger partial charge is 0.294 e.